The van der Waals surface area contributed by atoms with Gasteiger partial charge in [0.25, 0.3) is 11.8 Å². The number of hydrazine groups is 1. The molecule has 0 unspecified atom stereocenters. The molecule has 3 rings (SSSR count). The van der Waals surface area contributed by atoms with Crippen molar-refractivity contribution in [1.82, 2.24) is 10.9 Å². The summed E-state index contributed by atoms with van der Waals surface area (Å²) in [5, 5.41) is 5.38. The van der Waals surface area contributed by atoms with Gasteiger partial charge >= 0.3 is 6.03 Å². The molecule has 4 amide bonds. The van der Waals surface area contributed by atoms with E-state index in [0.29, 0.717) is 22.5 Å². The molecule has 0 aliphatic rings. The molecule has 7 nitrogen and oxygen atoms in total. The first kappa shape index (κ1) is 19.6. The van der Waals surface area contributed by atoms with Crippen molar-refractivity contribution in [2.75, 3.05) is 10.6 Å². The van der Waals surface area contributed by atoms with Gasteiger partial charge in [0.1, 0.15) is 0 Å². The van der Waals surface area contributed by atoms with E-state index in [2.05, 4.69) is 21.5 Å². The molecule has 146 valence electrons. The molecule has 0 aliphatic heterocycles. The highest BCUT2D eigenvalue weighted by molar-refractivity contribution is 6.05. The Kier molecular flexibility index (Phi) is 6.22. The van der Waals surface area contributed by atoms with Gasteiger partial charge in [0.05, 0.1) is 0 Å². The number of rotatable bonds is 4. The second-order valence-electron chi connectivity index (χ2n) is 6.25. The third-order valence-electron chi connectivity index (χ3n) is 4.12. The van der Waals surface area contributed by atoms with Gasteiger partial charge in [-0.2, -0.15) is 0 Å². The minimum Gasteiger partial charge on any atom is -0.322 e. The smallest absolute Gasteiger partial charge is 0.322 e. The Morgan fingerprint density at radius 1 is 0.621 bits per heavy atom. The number of carbonyl (C=O) groups excluding carboxylic acids is 3. The van der Waals surface area contributed by atoms with Gasteiger partial charge in [-0.25, -0.2) is 10.2 Å². The number of para-hydroxylation sites is 1. The summed E-state index contributed by atoms with van der Waals surface area (Å²) in [4.78, 5) is 36.3. The van der Waals surface area contributed by atoms with Gasteiger partial charge < -0.3 is 10.6 Å². The SMILES string of the molecule is Cc1ccccc1C(=O)Nc1ccc(C(=O)NNC(=O)Nc2ccccc2)cc1. The van der Waals surface area contributed by atoms with Gasteiger partial charge in [-0.3, -0.25) is 15.0 Å². The molecule has 3 aromatic rings. The maximum Gasteiger partial charge on any atom is 0.337 e. The molecule has 0 spiro atoms. The molecule has 4 N–H and O–H groups in total. The van der Waals surface area contributed by atoms with Crippen molar-refractivity contribution in [2.24, 2.45) is 0 Å². The van der Waals surface area contributed by atoms with Crippen LogP contribution in [-0.4, -0.2) is 17.8 Å². The zero-order valence-electron chi connectivity index (χ0n) is 15.7. The van der Waals surface area contributed by atoms with Crippen molar-refractivity contribution < 1.29 is 14.4 Å². The first-order valence-corrected chi connectivity index (χ1v) is 8.92. The number of benzene rings is 3. The second-order valence-corrected chi connectivity index (χ2v) is 6.25. The van der Waals surface area contributed by atoms with E-state index in [1.165, 1.54) is 0 Å². The largest absolute Gasteiger partial charge is 0.337 e. The molecule has 7 heteroatoms. The van der Waals surface area contributed by atoms with Gasteiger partial charge in [0, 0.05) is 22.5 Å². The summed E-state index contributed by atoms with van der Waals surface area (Å²) in [7, 11) is 0. The fraction of sp³-hybridized carbons (Fsp3) is 0.0455. The number of amides is 4. The Morgan fingerprint density at radius 2 is 1.24 bits per heavy atom. The highest BCUT2D eigenvalue weighted by Crippen LogP contribution is 2.13. The average molecular weight is 388 g/mol. The lowest BCUT2D eigenvalue weighted by Gasteiger charge is -2.10. The van der Waals surface area contributed by atoms with Crippen molar-refractivity contribution >= 4 is 29.2 Å². The van der Waals surface area contributed by atoms with Crippen LogP contribution in [0.25, 0.3) is 0 Å². The Bertz CT molecular complexity index is 1020. The highest BCUT2D eigenvalue weighted by Gasteiger charge is 2.10. The van der Waals surface area contributed by atoms with Crippen LogP contribution in [0.2, 0.25) is 0 Å². The minimum absolute atomic E-state index is 0.223. The molecule has 0 fully saturated rings. The second kappa shape index (κ2) is 9.18. The van der Waals surface area contributed by atoms with E-state index in [9.17, 15) is 14.4 Å². The van der Waals surface area contributed by atoms with Crippen LogP contribution in [0.5, 0.6) is 0 Å². The van der Waals surface area contributed by atoms with Crippen LogP contribution >= 0.6 is 0 Å². The molecule has 3 aromatic carbocycles. The molecular weight excluding hydrogens is 368 g/mol. The fourth-order valence-electron chi connectivity index (χ4n) is 2.60. The molecule has 0 atom stereocenters. The predicted molar refractivity (Wildman–Crippen MR) is 112 cm³/mol. The van der Waals surface area contributed by atoms with Crippen LogP contribution in [0.4, 0.5) is 16.2 Å². The Balaban J connectivity index is 1.53. The highest BCUT2D eigenvalue weighted by atomic mass is 16.2. The summed E-state index contributed by atoms with van der Waals surface area (Å²) in [5.74, 6) is -0.704. The Labute approximate surface area is 168 Å². The van der Waals surface area contributed by atoms with E-state index in [-0.39, 0.29) is 5.91 Å². The normalized spacial score (nSPS) is 9.97. The summed E-state index contributed by atoms with van der Waals surface area (Å²) in [5.41, 5.74) is 7.57. The number of carbonyl (C=O) groups is 3. The summed E-state index contributed by atoms with van der Waals surface area (Å²) < 4.78 is 0. The van der Waals surface area contributed by atoms with Crippen LogP contribution in [0.3, 0.4) is 0 Å². The van der Waals surface area contributed by atoms with E-state index in [1.807, 2.05) is 25.1 Å². The maximum absolute atomic E-state index is 12.3. The Morgan fingerprint density at radius 3 is 1.93 bits per heavy atom. The average Bonchev–Trinajstić information content (AvgIpc) is 2.73. The lowest BCUT2D eigenvalue weighted by molar-refractivity contribution is 0.0937. The minimum atomic E-state index is -0.563. The summed E-state index contributed by atoms with van der Waals surface area (Å²) in [6, 6.07) is 21.9. The van der Waals surface area contributed by atoms with E-state index in [4.69, 9.17) is 0 Å². The van der Waals surface area contributed by atoms with Crippen LogP contribution in [0.15, 0.2) is 78.9 Å². The van der Waals surface area contributed by atoms with Crippen LogP contribution in [-0.2, 0) is 0 Å². The lowest BCUT2D eigenvalue weighted by Crippen LogP contribution is -2.43. The molecule has 0 aromatic heterocycles. The summed E-state index contributed by atoms with van der Waals surface area (Å²) >= 11 is 0. The van der Waals surface area contributed by atoms with Crippen LogP contribution < -0.4 is 21.5 Å². The fourth-order valence-corrected chi connectivity index (χ4v) is 2.60. The Hall–Kier alpha value is -4.13. The van der Waals surface area contributed by atoms with Crippen molar-refractivity contribution in [3.63, 3.8) is 0 Å². The molecule has 0 radical (unpaired) electrons. The number of anilines is 2. The zero-order chi connectivity index (χ0) is 20.6. The molecule has 0 saturated heterocycles. The first-order valence-electron chi connectivity index (χ1n) is 8.92. The predicted octanol–water partition coefficient (Wildman–Crippen LogP) is 3.71. The number of hydrogen-bond donors (Lipinski definition) is 4. The van der Waals surface area contributed by atoms with Gasteiger partial charge in [0.15, 0.2) is 0 Å². The zero-order valence-corrected chi connectivity index (χ0v) is 15.7. The van der Waals surface area contributed by atoms with Gasteiger partial charge in [-0.15, -0.1) is 0 Å². The molecule has 0 saturated carbocycles. The third kappa shape index (κ3) is 5.43. The van der Waals surface area contributed by atoms with Crippen molar-refractivity contribution in [3.05, 3.63) is 95.6 Å². The number of aryl methyl sites for hydroxylation is 1. The van der Waals surface area contributed by atoms with Crippen LogP contribution in [0.1, 0.15) is 26.3 Å². The van der Waals surface area contributed by atoms with Gasteiger partial charge in [-0.05, 0) is 55.0 Å². The molecule has 0 bridgehead atoms. The summed E-state index contributed by atoms with van der Waals surface area (Å²) in [6.07, 6.45) is 0. The molecule has 0 heterocycles. The quantitative estimate of drug-likeness (QED) is 0.513. The number of nitrogens with one attached hydrogen (secondary N) is 4. The van der Waals surface area contributed by atoms with Crippen LogP contribution in [0, 0.1) is 6.92 Å². The van der Waals surface area contributed by atoms with Crippen molar-refractivity contribution in [1.29, 1.82) is 0 Å². The van der Waals surface area contributed by atoms with Gasteiger partial charge in [-0.1, -0.05) is 36.4 Å². The lowest BCUT2D eigenvalue weighted by atomic mass is 10.1. The van der Waals surface area contributed by atoms with Crippen molar-refractivity contribution in [2.45, 2.75) is 6.92 Å². The van der Waals surface area contributed by atoms with Gasteiger partial charge in [0.2, 0.25) is 0 Å². The third-order valence-corrected chi connectivity index (χ3v) is 4.12. The maximum atomic E-state index is 12.3. The topological polar surface area (TPSA) is 99.3 Å². The monoisotopic (exact) mass is 388 g/mol. The molecule has 0 aliphatic carbocycles. The van der Waals surface area contributed by atoms with E-state index < -0.39 is 11.9 Å². The van der Waals surface area contributed by atoms with E-state index >= 15 is 0 Å². The molecule has 29 heavy (non-hydrogen) atoms. The summed E-state index contributed by atoms with van der Waals surface area (Å²) in [6.45, 7) is 1.86. The molecular formula is C22H20N4O3. The standard InChI is InChI=1S/C22H20N4O3/c1-15-7-5-6-10-19(15)21(28)23-18-13-11-16(12-14-18)20(27)25-26-22(29)24-17-8-3-2-4-9-17/h2-14H,1H3,(H,23,28)(H,25,27)(H2,24,26,29). The number of urea groups is 1. The van der Waals surface area contributed by atoms with E-state index in [0.717, 1.165) is 5.56 Å². The number of hydrogen-bond acceptors (Lipinski definition) is 3. The van der Waals surface area contributed by atoms with Crippen molar-refractivity contribution in [3.8, 4) is 0 Å². The van der Waals surface area contributed by atoms with E-state index in [1.54, 1.807) is 60.7 Å². The first-order chi connectivity index (χ1) is 14.0.